The number of hydrogen-bond acceptors (Lipinski definition) is 3. The van der Waals surface area contributed by atoms with Crippen LogP contribution in [0.1, 0.15) is 34.7 Å². The van der Waals surface area contributed by atoms with Crippen LogP contribution in [-0.4, -0.2) is 33.2 Å². The van der Waals surface area contributed by atoms with Gasteiger partial charge >= 0.3 is 0 Å². The molecule has 0 fully saturated rings. The number of anilines is 1. The molecule has 2 N–H and O–H groups in total. The predicted octanol–water partition coefficient (Wildman–Crippen LogP) is 2.98. The molecule has 28 heavy (non-hydrogen) atoms. The van der Waals surface area contributed by atoms with E-state index < -0.39 is 0 Å². The van der Waals surface area contributed by atoms with E-state index in [4.69, 9.17) is 9.47 Å². The smallest absolute Gasteiger partial charge is 0.282 e. The monoisotopic (exact) mass is 385 g/mol. The van der Waals surface area contributed by atoms with Crippen LogP contribution in [0.25, 0.3) is 0 Å². The highest BCUT2D eigenvalue weighted by molar-refractivity contribution is 5.95. The summed E-state index contributed by atoms with van der Waals surface area (Å²) in [5.41, 5.74) is 6.55. The number of carbonyl (C=O) groups is 1. The van der Waals surface area contributed by atoms with Crippen LogP contribution in [0.5, 0.6) is 11.5 Å². The Kier molecular flexibility index (Phi) is 7.08. The van der Waals surface area contributed by atoms with Crippen molar-refractivity contribution in [2.24, 2.45) is 0 Å². The third-order valence-electron chi connectivity index (χ3n) is 5.37. The van der Waals surface area contributed by atoms with Crippen molar-refractivity contribution in [3.8, 4) is 11.5 Å². The van der Waals surface area contributed by atoms with Crippen molar-refractivity contribution in [2.45, 2.75) is 47.2 Å². The normalized spacial score (nSPS) is 13.0. The number of carbonyl (C=O) groups excluding carboxylic acids is 1. The SMILES string of the molecule is COc1cc(C)c(C[NH+](C)[C@@H](C)C(=O)Nc2c(C)cc(C)cc2C)cc1OC. The van der Waals surface area contributed by atoms with Crippen LogP contribution < -0.4 is 19.7 Å². The quantitative estimate of drug-likeness (QED) is 0.770. The molecular weight excluding hydrogens is 352 g/mol. The number of methoxy groups -OCH3 is 2. The lowest BCUT2D eigenvalue weighted by Crippen LogP contribution is -3.12. The van der Waals surface area contributed by atoms with E-state index in [1.807, 2.05) is 46.9 Å². The molecule has 0 aliphatic rings. The van der Waals surface area contributed by atoms with E-state index >= 15 is 0 Å². The van der Waals surface area contributed by atoms with Crippen LogP contribution in [0.2, 0.25) is 0 Å². The zero-order valence-corrected chi connectivity index (χ0v) is 18.3. The van der Waals surface area contributed by atoms with Gasteiger partial charge in [0.2, 0.25) is 0 Å². The number of amides is 1. The van der Waals surface area contributed by atoms with Crippen molar-refractivity contribution in [3.05, 3.63) is 52.1 Å². The number of benzene rings is 2. The second kappa shape index (κ2) is 9.11. The first kappa shape index (κ1) is 21.8. The van der Waals surface area contributed by atoms with E-state index in [2.05, 4.69) is 24.4 Å². The predicted molar refractivity (Wildman–Crippen MR) is 114 cm³/mol. The second-order valence-electron chi connectivity index (χ2n) is 7.64. The average molecular weight is 386 g/mol. The fourth-order valence-corrected chi connectivity index (χ4v) is 3.50. The Balaban J connectivity index is 2.14. The molecule has 2 rings (SSSR count). The molecular formula is C23H33N2O3+. The number of aryl methyl sites for hydroxylation is 4. The summed E-state index contributed by atoms with van der Waals surface area (Å²) in [6, 6.07) is 7.96. The molecule has 1 amide bonds. The van der Waals surface area contributed by atoms with Crippen molar-refractivity contribution in [1.29, 1.82) is 0 Å². The highest BCUT2D eigenvalue weighted by Gasteiger charge is 2.24. The highest BCUT2D eigenvalue weighted by atomic mass is 16.5. The van der Waals surface area contributed by atoms with Crippen LogP contribution in [0.3, 0.4) is 0 Å². The number of hydrogen-bond donors (Lipinski definition) is 2. The maximum absolute atomic E-state index is 12.9. The van der Waals surface area contributed by atoms with Gasteiger partial charge in [0.25, 0.3) is 5.91 Å². The molecule has 5 nitrogen and oxygen atoms in total. The minimum Gasteiger partial charge on any atom is -0.493 e. The minimum absolute atomic E-state index is 0.0192. The molecule has 2 aromatic rings. The number of ether oxygens (including phenoxy) is 2. The first-order valence-corrected chi connectivity index (χ1v) is 9.60. The van der Waals surface area contributed by atoms with Crippen LogP contribution in [0.4, 0.5) is 5.69 Å². The van der Waals surface area contributed by atoms with E-state index in [-0.39, 0.29) is 11.9 Å². The van der Waals surface area contributed by atoms with E-state index in [0.29, 0.717) is 12.3 Å². The molecule has 0 radical (unpaired) electrons. The van der Waals surface area contributed by atoms with Gasteiger partial charge in [0.05, 0.1) is 21.3 Å². The topological polar surface area (TPSA) is 52.0 Å². The van der Waals surface area contributed by atoms with Gasteiger partial charge in [0, 0.05) is 11.3 Å². The molecule has 0 heterocycles. The van der Waals surface area contributed by atoms with Crippen molar-refractivity contribution in [2.75, 3.05) is 26.6 Å². The van der Waals surface area contributed by atoms with Crippen molar-refractivity contribution < 1.29 is 19.2 Å². The van der Waals surface area contributed by atoms with Crippen LogP contribution >= 0.6 is 0 Å². The van der Waals surface area contributed by atoms with E-state index in [1.165, 1.54) is 5.56 Å². The average Bonchev–Trinajstić information content (AvgIpc) is 2.64. The number of likely N-dealkylation sites (N-methyl/N-ethyl adjacent to an activating group) is 1. The fraction of sp³-hybridized carbons (Fsp3) is 0.435. The number of quaternary nitrogens is 1. The minimum atomic E-state index is -0.201. The summed E-state index contributed by atoms with van der Waals surface area (Å²) in [5.74, 6) is 1.45. The van der Waals surface area contributed by atoms with Gasteiger partial charge in [0.1, 0.15) is 6.54 Å². The van der Waals surface area contributed by atoms with Crippen LogP contribution in [0.15, 0.2) is 24.3 Å². The molecule has 0 spiro atoms. The van der Waals surface area contributed by atoms with Crippen molar-refractivity contribution >= 4 is 11.6 Å². The first-order valence-electron chi connectivity index (χ1n) is 9.60. The summed E-state index contributed by atoms with van der Waals surface area (Å²) >= 11 is 0. The third-order valence-corrected chi connectivity index (χ3v) is 5.37. The van der Waals surface area contributed by atoms with Crippen LogP contribution in [-0.2, 0) is 11.3 Å². The molecule has 0 aliphatic carbocycles. The van der Waals surface area contributed by atoms with E-state index in [9.17, 15) is 4.79 Å². The molecule has 0 bridgehead atoms. The molecule has 0 aromatic heterocycles. The maximum atomic E-state index is 12.9. The van der Waals surface area contributed by atoms with Gasteiger partial charge < -0.3 is 19.7 Å². The maximum Gasteiger partial charge on any atom is 0.282 e. The van der Waals surface area contributed by atoms with E-state index in [1.54, 1.807) is 14.2 Å². The molecule has 1 unspecified atom stereocenters. The first-order chi connectivity index (χ1) is 13.2. The lowest BCUT2D eigenvalue weighted by Gasteiger charge is -2.23. The summed E-state index contributed by atoms with van der Waals surface area (Å²) in [6.07, 6.45) is 0. The molecule has 0 saturated carbocycles. The molecule has 0 saturated heterocycles. The number of rotatable bonds is 7. The fourth-order valence-electron chi connectivity index (χ4n) is 3.50. The van der Waals surface area contributed by atoms with Gasteiger partial charge in [-0.1, -0.05) is 17.7 Å². The van der Waals surface area contributed by atoms with Crippen molar-refractivity contribution in [1.82, 2.24) is 0 Å². The number of nitrogens with one attached hydrogen (secondary N) is 2. The summed E-state index contributed by atoms with van der Waals surface area (Å²) in [4.78, 5) is 14.0. The van der Waals surface area contributed by atoms with Crippen LogP contribution in [0, 0.1) is 27.7 Å². The Morgan fingerprint density at radius 3 is 2.04 bits per heavy atom. The Morgan fingerprint density at radius 2 is 1.50 bits per heavy atom. The van der Waals surface area contributed by atoms with Gasteiger partial charge in [-0.25, -0.2) is 0 Å². The largest absolute Gasteiger partial charge is 0.493 e. The lowest BCUT2D eigenvalue weighted by molar-refractivity contribution is -0.907. The second-order valence-corrected chi connectivity index (χ2v) is 7.64. The summed E-state index contributed by atoms with van der Waals surface area (Å²) in [5, 5.41) is 3.12. The standard InChI is InChI=1S/C23H32N2O3/c1-14-9-16(3)22(17(4)10-14)24-23(26)18(5)25(6)13-19-12-21(28-8)20(27-7)11-15(19)2/h9-12,18H,13H2,1-8H3,(H,24,26)/p+1/t18-/m0/s1. The Bertz CT molecular complexity index is 838. The summed E-state index contributed by atoms with van der Waals surface area (Å²) in [7, 11) is 5.31. The van der Waals surface area contributed by atoms with E-state index in [0.717, 1.165) is 38.6 Å². The van der Waals surface area contributed by atoms with Gasteiger partial charge in [0.15, 0.2) is 17.5 Å². The van der Waals surface area contributed by atoms with Gasteiger partial charge in [-0.05, 0) is 63.4 Å². The Hall–Kier alpha value is -2.53. The van der Waals surface area contributed by atoms with Gasteiger partial charge in [-0.2, -0.15) is 0 Å². The van der Waals surface area contributed by atoms with Gasteiger partial charge in [-0.15, -0.1) is 0 Å². The zero-order chi connectivity index (χ0) is 21.0. The lowest BCUT2D eigenvalue weighted by atomic mass is 10.0. The van der Waals surface area contributed by atoms with Gasteiger partial charge in [-0.3, -0.25) is 4.79 Å². The molecule has 5 heteroatoms. The Morgan fingerprint density at radius 1 is 0.964 bits per heavy atom. The molecule has 2 atom stereocenters. The molecule has 0 aliphatic heterocycles. The zero-order valence-electron chi connectivity index (χ0n) is 18.3. The molecule has 152 valence electrons. The summed E-state index contributed by atoms with van der Waals surface area (Å²) in [6.45, 7) is 10.9. The van der Waals surface area contributed by atoms with Crippen molar-refractivity contribution in [3.63, 3.8) is 0 Å². The molecule has 2 aromatic carbocycles. The summed E-state index contributed by atoms with van der Waals surface area (Å²) < 4.78 is 10.8. The Labute approximate surface area is 168 Å². The third kappa shape index (κ3) is 4.84. The highest BCUT2D eigenvalue weighted by Crippen LogP contribution is 2.30.